The molecule has 0 atom stereocenters. The molecule has 31 heavy (non-hydrogen) atoms. The van der Waals surface area contributed by atoms with E-state index in [1.54, 1.807) is 35.2 Å². The van der Waals surface area contributed by atoms with Gasteiger partial charge in [0.1, 0.15) is 6.07 Å². The summed E-state index contributed by atoms with van der Waals surface area (Å²) >= 11 is 7.30. The first kappa shape index (κ1) is 22.7. The van der Waals surface area contributed by atoms with Gasteiger partial charge in [0.2, 0.25) is 0 Å². The second-order valence-electron chi connectivity index (χ2n) is 7.15. The predicted molar refractivity (Wildman–Crippen MR) is 125 cm³/mol. The summed E-state index contributed by atoms with van der Waals surface area (Å²) in [6.07, 6.45) is 1.81. The van der Waals surface area contributed by atoms with E-state index in [9.17, 15) is 4.79 Å². The van der Waals surface area contributed by atoms with Crippen molar-refractivity contribution >= 4 is 46.2 Å². The highest BCUT2D eigenvalue weighted by Crippen LogP contribution is 2.36. The average Bonchev–Trinajstić information content (AvgIpc) is 3.02. The molecule has 1 aliphatic heterocycles. The van der Waals surface area contributed by atoms with Crippen LogP contribution >= 0.6 is 23.4 Å². The molecule has 160 valence electrons. The van der Waals surface area contributed by atoms with Crippen molar-refractivity contribution in [3.63, 3.8) is 0 Å². The Kier molecular flexibility index (Phi) is 7.61. The van der Waals surface area contributed by atoms with Crippen molar-refractivity contribution in [1.29, 1.82) is 5.26 Å². The molecule has 1 fully saturated rings. The Morgan fingerprint density at radius 3 is 2.61 bits per heavy atom. The number of hydrogen-bond donors (Lipinski definition) is 0. The summed E-state index contributed by atoms with van der Waals surface area (Å²) in [5.74, 6) is 1.17. The number of nitrogens with zero attached hydrogens (tertiary/aromatic N) is 3. The summed E-state index contributed by atoms with van der Waals surface area (Å²) < 4.78 is 10.7. The number of halogens is 1. The van der Waals surface area contributed by atoms with Crippen LogP contribution in [0.3, 0.4) is 0 Å². The third-order valence-electron chi connectivity index (χ3n) is 4.26. The van der Waals surface area contributed by atoms with Crippen molar-refractivity contribution in [2.24, 2.45) is 10.9 Å². The first-order valence-electron chi connectivity index (χ1n) is 9.64. The van der Waals surface area contributed by atoms with Crippen molar-refractivity contribution in [2.45, 2.75) is 13.8 Å². The minimum Gasteiger partial charge on any atom is -0.493 e. The molecule has 1 amide bonds. The molecule has 0 aromatic heterocycles. The van der Waals surface area contributed by atoms with Crippen molar-refractivity contribution in [2.75, 3.05) is 20.3 Å². The fourth-order valence-corrected chi connectivity index (χ4v) is 4.03. The van der Waals surface area contributed by atoms with E-state index in [2.05, 4.69) is 18.8 Å². The van der Waals surface area contributed by atoms with Gasteiger partial charge in [0, 0.05) is 11.6 Å². The van der Waals surface area contributed by atoms with E-state index in [0.29, 0.717) is 33.1 Å². The number of benzene rings is 2. The number of nitriles is 1. The van der Waals surface area contributed by atoms with Gasteiger partial charge in [0.25, 0.3) is 5.91 Å². The number of ether oxygens (including phenoxy) is 2. The third-order valence-corrected chi connectivity index (χ3v) is 5.52. The highest BCUT2D eigenvalue weighted by Gasteiger charge is 2.33. The molecule has 0 radical (unpaired) electrons. The molecule has 3 rings (SSSR count). The smallest absolute Gasteiger partial charge is 0.266 e. The number of carbonyl (C=O) groups excluding carboxylic acids is 1. The number of thioether (sulfide) groups is 1. The number of hydrogen-bond acceptors (Lipinski definition) is 6. The van der Waals surface area contributed by atoms with Crippen molar-refractivity contribution in [1.82, 2.24) is 4.90 Å². The molecular formula is C23H22ClN3O3S. The zero-order valence-electron chi connectivity index (χ0n) is 17.5. The zero-order valence-corrected chi connectivity index (χ0v) is 19.0. The number of rotatable bonds is 7. The highest BCUT2D eigenvalue weighted by molar-refractivity contribution is 8.18. The molecule has 1 heterocycles. The van der Waals surface area contributed by atoms with Crippen LogP contribution in [0.1, 0.15) is 19.4 Å². The van der Waals surface area contributed by atoms with Crippen LogP contribution in [0, 0.1) is 17.2 Å². The first-order chi connectivity index (χ1) is 14.9. The lowest BCUT2D eigenvalue weighted by atomic mass is 10.1. The molecule has 2 aromatic carbocycles. The van der Waals surface area contributed by atoms with Gasteiger partial charge in [-0.2, -0.15) is 5.26 Å². The Balaban J connectivity index is 1.92. The molecule has 8 heteroatoms. The van der Waals surface area contributed by atoms with Crippen molar-refractivity contribution in [3.05, 3.63) is 58.0 Å². The van der Waals surface area contributed by atoms with Gasteiger partial charge in [-0.3, -0.25) is 9.69 Å². The van der Waals surface area contributed by atoms with E-state index in [1.165, 1.54) is 18.9 Å². The molecule has 0 bridgehead atoms. The molecule has 6 nitrogen and oxygen atoms in total. The van der Waals surface area contributed by atoms with Crippen LogP contribution in [0.2, 0.25) is 5.02 Å². The lowest BCUT2D eigenvalue weighted by molar-refractivity contribution is -0.122. The van der Waals surface area contributed by atoms with Crippen LogP contribution in [0.15, 0.2) is 52.4 Å². The van der Waals surface area contributed by atoms with Crippen LogP contribution in [-0.4, -0.2) is 36.2 Å². The van der Waals surface area contributed by atoms with Gasteiger partial charge in [-0.15, -0.1) is 0 Å². The minimum atomic E-state index is -0.0878. The molecular weight excluding hydrogens is 434 g/mol. The normalized spacial score (nSPS) is 16.3. The van der Waals surface area contributed by atoms with E-state index in [4.69, 9.17) is 26.3 Å². The fraction of sp³-hybridized carbons (Fsp3) is 0.261. The predicted octanol–water partition coefficient (Wildman–Crippen LogP) is 5.51. The standard InChI is InChI=1S/C23H22ClN3O3S/c1-15(2)14-27-22(28)21(31-23(27)26-18-7-5-17(24)6-8-18)13-16-4-9-19(30-11-10-25)20(12-16)29-3/h4-9,12-13,15H,11,14H2,1-3H3/b21-13-,26-23?. The van der Waals surface area contributed by atoms with Crippen LogP contribution < -0.4 is 9.47 Å². The number of aliphatic imine (C=N–C) groups is 1. The average molecular weight is 456 g/mol. The quantitative estimate of drug-likeness (QED) is 0.514. The van der Waals surface area contributed by atoms with Crippen LogP contribution in [-0.2, 0) is 4.79 Å². The number of amides is 1. The van der Waals surface area contributed by atoms with Crippen molar-refractivity contribution in [3.8, 4) is 17.6 Å². The molecule has 1 aliphatic rings. The Morgan fingerprint density at radius 2 is 1.97 bits per heavy atom. The zero-order chi connectivity index (χ0) is 22.4. The van der Waals surface area contributed by atoms with E-state index in [-0.39, 0.29) is 18.4 Å². The van der Waals surface area contributed by atoms with Gasteiger partial charge >= 0.3 is 0 Å². The number of amidine groups is 1. The summed E-state index contributed by atoms with van der Waals surface area (Å²) in [7, 11) is 1.53. The topological polar surface area (TPSA) is 74.9 Å². The minimum absolute atomic E-state index is 0.0696. The van der Waals surface area contributed by atoms with E-state index >= 15 is 0 Å². The molecule has 0 saturated carbocycles. The van der Waals surface area contributed by atoms with Crippen LogP contribution in [0.25, 0.3) is 6.08 Å². The Bertz CT molecular complexity index is 1060. The molecule has 0 spiro atoms. The van der Waals surface area contributed by atoms with E-state index in [1.807, 2.05) is 24.3 Å². The SMILES string of the molecule is COc1cc(/C=C2\SC(=Nc3ccc(Cl)cc3)N(CC(C)C)C2=O)ccc1OCC#N. The third kappa shape index (κ3) is 5.81. The van der Waals surface area contributed by atoms with E-state index in [0.717, 1.165) is 11.3 Å². The van der Waals surface area contributed by atoms with Crippen molar-refractivity contribution < 1.29 is 14.3 Å². The molecule has 0 aliphatic carbocycles. The maximum Gasteiger partial charge on any atom is 0.266 e. The van der Waals surface area contributed by atoms with Crippen LogP contribution in [0.5, 0.6) is 11.5 Å². The highest BCUT2D eigenvalue weighted by atomic mass is 35.5. The van der Waals surface area contributed by atoms with Gasteiger partial charge in [-0.1, -0.05) is 31.5 Å². The largest absolute Gasteiger partial charge is 0.493 e. The summed E-state index contributed by atoms with van der Waals surface area (Å²) in [5, 5.41) is 9.97. The second-order valence-corrected chi connectivity index (χ2v) is 8.59. The van der Waals surface area contributed by atoms with Gasteiger partial charge in [-0.05, 0) is 65.7 Å². The molecule has 0 unspecified atom stereocenters. The lowest BCUT2D eigenvalue weighted by Crippen LogP contribution is -2.32. The van der Waals surface area contributed by atoms with Gasteiger partial charge < -0.3 is 9.47 Å². The maximum atomic E-state index is 13.1. The van der Waals surface area contributed by atoms with E-state index < -0.39 is 0 Å². The monoisotopic (exact) mass is 455 g/mol. The Hall–Kier alpha value is -2.95. The summed E-state index contributed by atoms with van der Waals surface area (Å²) in [6.45, 7) is 4.62. The Labute approximate surface area is 191 Å². The summed E-state index contributed by atoms with van der Waals surface area (Å²) in [4.78, 5) is 20.0. The molecule has 1 saturated heterocycles. The second kappa shape index (κ2) is 10.4. The van der Waals surface area contributed by atoms with Gasteiger partial charge in [0.05, 0.1) is 17.7 Å². The Morgan fingerprint density at radius 1 is 1.23 bits per heavy atom. The lowest BCUT2D eigenvalue weighted by Gasteiger charge is -2.17. The number of methoxy groups -OCH3 is 1. The van der Waals surface area contributed by atoms with Gasteiger partial charge in [-0.25, -0.2) is 4.99 Å². The molecule has 0 N–H and O–H groups in total. The molecule has 2 aromatic rings. The summed E-state index contributed by atoms with van der Waals surface area (Å²) in [6, 6.07) is 14.4. The fourth-order valence-electron chi connectivity index (χ4n) is 2.90. The van der Waals surface area contributed by atoms with Crippen LogP contribution in [0.4, 0.5) is 5.69 Å². The summed E-state index contributed by atoms with van der Waals surface area (Å²) in [5.41, 5.74) is 1.52. The first-order valence-corrected chi connectivity index (χ1v) is 10.8. The maximum absolute atomic E-state index is 13.1. The van der Waals surface area contributed by atoms with Gasteiger partial charge in [0.15, 0.2) is 23.3 Å². The number of carbonyl (C=O) groups is 1.